The third kappa shape index (κ3) is 1.84. The van der Waals surface area contributed by atoms with Crippen LogP contribution in [0.25, 0.3) is 0 Å². The quantitative estimate of drug-likeness (QED) is 0.436. The highest BCUT2D eigenvalue weighted by molar-refractivity contribution is 5.79. The summed E-state index contributed by atoms with van der Waals surface area (Å²) >= 11 is 0. The van der Waals surface area contributed by atoms with Crippen molar-refractivity contribution in [3.8, 4) is 0 Å². The van der Waals surface area contributed by atoms with Gasteiger partial charge in [-0.25, -0.2) is 4.39 Å². The topological polar surface area (TPSA) is 43.1 Å². The molecule has 0 atom stereocenters. The molecule has 2 nitrogen and oxygen atoms in total. The Balaban J connectivity index is 3.42. The van der Waals surface area contributed by atoms with E-state index in [1.54, 1.807) is 0 Å². The van der Waals surface area contributed by atoms with Crippen LogP contribution in [-0.4, -0.2) is 6.29 Å². The van der Waals surface area contributed by atoms with E-state index < -0.39 is 28.8 Å². The zero-order valence-corrected chi connectivity index (χ0v) is 6.73. The zero-order valence-electron chi connectivity index (χ0n) is 6.73. The third-order valence-corrected chi connectivity index (χ3v) is 1.60. The summed E-state index contributed by atoms with van der Waals surface area (Å²) in [4.78, 5) is 10.2. The molecule has 76 valence electrons. The summed E-state index contributed by atoms with van der Waals surface area (Å²) in [5, 5.41) is 0. The van der Waals surface area contributed by atoms with Crippen molar-refractivity contribution in [3.63, 3.8) is 0 Å². The van der Waals surface area contributed by atoms with Crippen molar-refractivity contribution >= 4 is 12.0 Å². The van der Waals surface area contributed by atoms with Crippen LogP contribution in [0.2, 0.25) is 0 Å². The summed E-state index contributed by atoms with van der Waals surface area (Å²) in [5.41, 5.74) is 2.32. The molecule has 1 rings (SSSR count). The number of benzene rings is 1. The Kier molecular flexibility index (Phi) is 2.46. The van der Waals surface area contributed by atoms with E-state index in [0.717, 1.165) is 0 Å². The van der Waals surface area contributed by atoms with Crippen molar-refractivity contribution in [2.45, 2.75) is 6.18 Å². The number of nitrogen functional groups attached to an aromatic ring is 1. The van der Waals surface area contributed by atoms with Gasteiger partial charge in [-0.1, -0.05) is 0 Å². The Bertz CT molecular complexity index is 372. The number of aldehydes is 1. The minimum absolute atomic E-state index is 0.0641. The van der Waals surface area contributed by atoms with Gasteiger partial charge in [0, 0.05) is 5.56 Å². The second kappa shape index (κ2) is 3.28. The van der Waals surface area contributed by atoms with Crippen molar-refractivity contribution < 1.29 is 22.4 Å². The molecule has 0 aliphatic heterocycles. The second-order valence-electron chi connectivity index (χ2n) is 2.58. The van der Waals surface area contributed by atoms with Crippen LogP contribution in [-0.2, 0) is 6.18 Å². The number of halogens is 4. The maximum atomic E-state index is 12.7. The first-order valence-electron chi connectivity index (χ1n) is 3.47. The normalized spacial score (nSPS) is 11.4. The summed E-state index contributed by atoms with van der Waals surface area (Å²) < 4.78 is 49.3. The molecule has 0 amide bonds. The zero-order chi connectivity index (χ0) is 10.9. The number of carbonyl (C=O) groups is 1. The van der Waals surface area contributed by atoms with Gasteiger partial charge < -0.3 is 5.73 Å². The molecule has 0 fully saturated rings. The van der Waals surface area contributed by atoms with E-state index in [1.807, 2.05) is 0 Å². The molecule has 0 saturated carbocycles. The Labute approximate surface area is 76.3 Å². The third-order valence-electron chi connectivity index (χ3n) is 1.60. The minimum Gasteiger partial charge on any atom is -0.396 e. The lowest BCUT2D eigenvalue weighted by molar-refractivity contribution is -0.137. The molecule has 0 spiro atoms. The number of hydrogen-bond donors (Lipinski definition) is 1. The van der Waals surface area contributed by atoms with Gasteiger partial charge in [-0.15, -0.1) is 0 Å². The van der Waals surface area contributed by atoms with Gasteiger partial charge >= 0.3 is 6.18 Å². The molecule has 0 saturated heterocycles. The first kappa shape index (κ1) is 10.5. The fourth-order valence-electron chi connectivity index (χ4n) is 0.948. The first-order valence-corrected chi connectivity index (χ1v) is 3.47. The number of alkyl halides is 3. The van der Waals surface area contributed by atoms with E-state index >= 15 is 0 Å². The molecular weight excluding hydrogens is 202 g/mol. The van der Waals surface area contributed by atoms with Crippen molar-refractivity contribution in [2.75, 3.05) is 5.73 Å². The monoisotopic (exact) mass is 207 g/mol. The van der Waals surface area contributed by atoms with Crippen molar-refractivity contribution in [2.24, 2.45) is 0 Å². The average Bonchev–Trinajstić information content (AvgIpc) is 2.07. The molecule has 0 unspecified atom stereocenters. The van der Waals surface area contributed by atoms with Crippen LogP contribution in [0.3, 0.4) is 0 Å². The average molecular weight is 207 g/mol. The molecule has 2 N–H and O–H groups in total. The molecule has 1 aromatic carbocycles. The van der Waals surface area contributed by atoms with E-state index in [2.05, 4.69) is 0 Å². The molecule has 1 aromatic rings. The highest BCUT2D eigenvalue weighted by atomic mass is 19.4. The minimum atomic E-state index is -4.71. The smallest absolute Gasteiger partial charge is 0.396 e. The van der Waals surface area contributed by atoms with E-state index in [4.69, 9.17) is 5.73 Å². The van der Waals surface area contributed by atoms with Crippen LogP contribution in [0.1, 0.15) is 15.9 Å². The number of rotatable bonds is 1. The molecule has 0 radical (unpaired) electrons. The van der Waals surface area contributed by atoms with Gasteiger partial charge in [0.25, 0.3) is 0 Å². The van der Waals surface area contributed by atoms with Crippen LogP contribution in [0.4, 0.5) is 23.2 Å². The van der Waals surface area contributed by atoms with Gasteiger partial charge in [0.1, 0.15) is 5.82 Å². The molecule has 0 bridgehead atoms. The lowest BCUT2D eigenvalue weighted by Gasteiger charge is -2.10. The number of carbonyl (C=O) groups excluding carboxylic acids is 1. The van der Waals surface area contributed by atoms with Gasteiger partial charge in [0.05, 0.1) is 11.3 Å². The highest BCUT2D eigenvalue weighted by Crippen LogP contribution is 2.33. The van der Waals surface area contributed by atoms with Crippen LogP contribution < -0.4 is 5.73 Å². The predicted octanol–water partition coefficient (Wildman–Crippen LogP) is 2.24. The van der Waals surface area contributed by atoms with Crippen LogP contribution >= 0.6 is 0 Å². The lowest BCUT2D eigenvalue weighted by Crippen LogP contribution is -2.10. The Morgan fingerprint density at radius 3 is 2.29 bits per heavy atom. The van der Waals surface area contributed by atoms with Gasteiger partial charge in [-0.3, -0.25) is 4.79 Å². The first-order chi connectivity index (χ1) is 6.36. The fourth-order valence-corrected chi connectivity index (χ4v) is 0.948. The Morgan fingerprint density at radius 2 is 1.86 bits per heavy atom. The fraction of sp³-hybridized carbons (Fsp3) is 0.125. The van der Waals surface area contributed by atoms with Gasteiger partial charge in [-0.05, 0) is 12.1 Å². The van der Waals surface area contributed by atoms with Gasteiger partial charge in [0.2, 0.25) is 0 Å². The van der Waals surface area contributed by atoms with Crippen molar-refractivity contribution in [1.29, 1.82) is 0 Å². The molecule has 0 heterocycles. The molecule has 14 heavy (non-hydrogen) atoms. The van der Waals surface area contributed by atoms with E-state index in [1.165, 1.54) is 0 Å². The van der Waals surface area contributed by atoms with Crippen molar-refractivity contribution in [3.05, 3.63) is 29.1 Å². The number of hydrogen-bond acceptors (Lipinski definition) is 2. The SMILES string of the molecule is Nc1cc(C(F)(F)F)c(C=O)cc1F. The summed E-state index contributed by atoms with van der Waals surface area (Å²) in [5.74, 6) is -1.04. The number of anilines is 1. The van der Waals surface area contributed by atoms with E-state index in [9.17, 15) is 22.4 Å². The maximum absolute atomic E-state index is 12.7. The summed E-state index contributed by atoms with van der Waals surface area (Å²) in [7, 11) is 0. The molecular formula is C8H5F4NO. The van der Waals surface area contributed by atoms with Crippen LogP contribution in [0.5, 0.6) is 0 Å². The van der Waals surface area contributed by atoms with Gasteiger partial charge in [0.15, 0.2) is 6.29 Å². The largest absolute Gasteiger partial charge is 0.417 e. The van der Waals surface area contributed by atoms with Gasteiger partial charge in [-0.2, -0.15) is 13.2 Å². The highest BCUT2D eigenvalue weighted by Gasteiger charge is 2.34. The van der Waals surface area contributed by atoms with E-state index in [0.29, 0.717) is 12.1 Å². The van der Waals surface area contributed by atoms with Crippen molar-refractivity contribution in [1.82, 2.24) is 0 Å². The summed E-state index contributed by atoms with van der Waals surface area (Å²) in [6.45, 7) is 0. The number of nitrogens with two attached hydrogens (primary N) is 1. The van der Waals surface area contributed by atoms with Crippen LogP contribution in [0.15, 0.2) is 12.1 Å². The molecule has 0 aliphatic carbocycles. The summed E-state index contributed by atoms with van der Waals surface area (Å²) in [6.07, 6.45) is -4.77. The molecule has 0 aromatic heterocycles. The predicted molar refractivity (Wildman–Crippen MR) is 41.2 cm³/mol. The standard InChI is InChI=1S/C8H5F4NO/c9-6-1-4(3-14)5(2-7(6)13)8(10,11)12/h1-3H,13H2. The Hall–Kier alpha value is -1.59. The van der Waals surface area contributed by atoms with E-state index in [-0.39, 0.29) is 6.29 Å². The van der Waals surface area contributed by atoms with Crippen LogP contribution in [0, 0.1) is 5.82 Å². The summed E-state index contributed by atoms with van der Waals surface area (Å²) in [6, 6.07) is 0.865. The Morgan fingerprint density at radius 1 is 1.29 bits per heavy atom. The molecule has 6 heteroatoms. The second-order valence-corrected chi connectivity index (χ2v) is 2.58. The maximum Gasteiger partial charge on any atom is 0.417 e. The molecule has 0 aliphatic rings. The lowest BCUT2D eigenvalue weighted by atomic mass is 10.1.